The number of benzene rings is 1. The molecule has 118 valence electrons. The van der Waals surface area contributed by atoms with Gasteiger partial charge in [-0.1, -0.05) is 18.5 Å². The van der Waals surface area contributed by atoms with Gasteiger partial charge in [-0.25, -0.2) is 0 Å². The van der Waals surface area contributed by atoms with E-state index >= 15 is 0 Å². The molecule has 0 unspecified atom stereocenters. The van der Waals surface area contributed by atoms with E-state index in [-0.39, 0.29) is 11.7 Å². The number of carbonyl (C=O) groups excluding carboxylic acids is 2. The van der Waals surface area contributed by atoms with Crippen LogP contribution in [0, 0.1) is 6.92 Å². The van der Waals surface area contributed by atoms with Gasteiger partial charge in [0.25, 0.3) is 0 Å². The number of aryl methyl sites for hydroxylation is 1. The monoisotopic (exact) mass is 321 g/mol. The third-order valence-electron chi connectivity index (χ3n) is 4.67. The summed E-state index contributed by atoms with van der Waals surface area (Å²) in [6.07, 6.45) is 2.29. The number of hydrogen-bond acceptors (Lipinski definition) is 3. The van der Waals surface area contributed by atoms with E-state index in [1.807, 2.05) is 24.8 Å². The molecule has 1 saturated heterocycles. The van der Waals surface area contributed by atoms with Gasteiger partial charge in [-0.2, -0.15) is 0 Å². The molecule has 0 bridgehead atoms. The summed E-state index contributed by atoms with van der Waals surface area (Å²) < 4.78 is 6.26. The Hall–Kier alpha value is -1.55. The lowest BCUT2D eigenvalue weighted by molar-refractivity contribution is -0.134. The second-order valence-corrected chi connectivity index (χ2v) is 6.66. The van der Waals surface area contributed by atoms with Crippen LogP contribution in [0.25, 0.3) is 0 Å². The fourth-order valence-electron chi connectivity index (χ4n) is 3.38. The SMILES string of the molecule is CCC(=O)N1CCC2(CC1)CC(=O)c1cc(Cl)cc(C)c1O2. The number of rotatable bonds is 1. The Morgan fingerprint density at radius 3 is 2.68 bits per heavy atom. The fraction of sp³-hybridized carbons (Fsp3) is 0.529. The molecular weight excluding hydrogens is 302 g/mol. The van der Waals surface area contributed by atoms with Crippen LogP contribution in [0.2, 0.25) is 5.02 Å². The van der Waals surface area contributed by atoms with Crippen molar-refractivity contribution in [3.8, 4) is 5.75 Å². The molecular formula is C17H20ClNO3. The first-order chi connectivity index (χ1) is 10.4. The highest BCUT2D eigenvalue weighted by Gasteiger charge is 2.44. The van der Waals surface area contributed by atoms with Crippen molar-refractivity contribution >= 4 is 23.3 Å². The van der Waals surface area contributed by atoms with E-state index in [2.05, 4.69) is 0 Å². The number of Topliss-reactive ketones (excluding diaryl/α,β-unsaturated/α-hetero) is 1. The van der Waals surface area contributed by atoms with Crippen molar-refractivity contribution in [3.63, 3.8) is 0 Å². The van der Waals surface area contributed by atoms with Crippen LogP contribution in [0.5, 0.6) is 5.75 Å². The number of hydrogen-bond donors (Lipinski definition) is 0. The highest BCUT2D eigenvalue weighted by atomic mass is 35.5. The number of carbonyl (C=O) groups is 2. The number of amides is 1. The zero-order chi connectivity index (χ0) is 15.9. The molecule has 4 nitrogen and oxygen atoms in total. The van der Waals surface area contributed by atoms with Crippen molar-refractivity contribution in [3.05, 3.63) is 28.3 Å². The first-order valence-corrected chi connectivity index (χ1v) is 8.12. The second-order valence-electron chi connectivity index (χ2n) is 6.22. The topological polar surface area (TPSA) is 46.6 Å². The zero-order valence-corrected chi connectivity index (χ0v) is 13.7. The maximum Gasteiger partial charge on any atom is 0.222 e. The van der Waals surface area contributed by atoms with Gasteiger partial charge in [0.2, 0.25) is 5.91 Å². The molecule has 1 fully saturated rings. The predicted octanol–water partition coefficient (Wildman–Crippen LogP) is 3.38. The lowest BCUT2D eigenvalue weighted by atomic mass is 9.82. The molecule has 3 rings (SSSR count). The summed E-state index contributed by atoms with van der Waals surface area (Å²) in [5, 5.41) is 0.563. The Kier molecular flexibility index (Phi) is 3.89. The quantitative estimate of drug-likeness (QED) is 0.796. The molecule has 1 spiro atoms. The van der Waals surface area contributed by atoms with E-state index in [9.17, 15) is 9.59 Å². The number of nitrogens with zero attached hydrogens (tertiary/aromatic N) is 1. The van der Waals surface area contributed by atoms with Gasteiger partial charge < -0.3 is 9.64 Å². The lowest BCUT2D eigenvalue weighted by Crippen LogP contribution is -2.52. The van der Waals surface area contributed by atoms with Crippen molar-refractivity contribution in [2.24, 2.45) is 0 Å². The fourth-order valence-corrected chi connectivity index (χ4v) is 3.65. The van der Waals surface area contributed by atoms with Crippen molar-refractivity contribution in [1.82, 2.24) is 4.90 Å². The first kappa shape index (κ1) is 15.3. The number of fused-ring (bicyclic) bond motifs is 1. The Balaban J connectivity index is 1.84. The molecule has 1 aromatic rings. The maximum atomic E-state index is 12.5. The summed E-state index contributed by atoms with van der Waals surface area (Å²) in [5.74, 6) is 0.915. The Bertz CT molecular complexity index is 633. The average molecular weight is 322 g/mol. The second kappa shape index (κ2) is 5.58. The van der Waals surface area contributed by atoms with E-state index < -0.39 is 5.60 Å². The highest BCUT2D eigenvalue weighted by Crippen LogP contribution is 2.42. The molecule has 2 aliphatic heterocycles. The summed E-state index contributed by atoms with van der Waals surface area (Å²) in [5.41, 5.74) is 1.01. The minimum atomic E-state index is -0.465. The van der Waals surface area contributed by atoms with Gasteiger partial charge in [-0.3, -0.25) is 9.59 Å². The number of halogens is 1. The molecule has 0 atom stereocenters. The Morgan fingerprint density at radius 2 is 2.05 bits per heavy atom. The lowest BCUT2D eigenvalue weighted by Gasteiger charge is -2.44. The number of ether oxygens (including phenoxy) is 1. The van der Waals surface area contributed by atoms with Crippen LogP contribution < -0.4 is 4.74 Å². The standard InChI is InChI=1S/C17H20ClNO3/c1-3-15(21)19-6-4-17(5-7-19)10-14(20)13-9-12(18)8-11(2)16(13)22-17/h8-9H,3-7,10H2,1-2H3. The molecule has 2 heterocycles. The van der Waals surface area contributed by atoms with Crippen LogP contribution in [0.15, 0.2) is 12.1 Å². The summed E-state index contributed by atoms with van der Waals surface area (Å²) in [6, 6.07) is 3.51. The normalized spacial score (nSPS) is 19.8. The largest absolute Gasteiger partial charge is 0.486 e. The third-order valence-corrected chi connectivity index (χ3v) is 4.89. The number of piperidine rings is 1. The molecule has 1 aromatic carbocycles. The predicted molar refractivity (Wildman–Crippen MR) is 84.6 cm³/mol. The summed E-state index contributed by atoms with van der Waals surface area (Å²) >= 11 is 6.04. The minimum absolute atomic E-state index is 0.0853. The summed E-state index contributed by atoms with van der Waals surface area (Å²) in [6.45, 7) is 5.09. The maximum absolute atomic E-state index is 12.5. The van der Waals surface area contributed by atoms with Gasteiger partial charge in [0.15, 0.2) is 5.78 Å². The third kappa shape index (κ3) is 2.60. The molecule has 0 N–H and O–H groups in total. The van der Waals surface area contributed by atoms with E-state index in [0.717, 1.165) is 5.56 Å². The van der Waals surface area contributed by atoms with E-state index in [1.165, 1.54) is 0 Å². The van der Waals surface area contributed by atoms with Crippen LogP contribution in [0.1, 0.15) is 48.5 Å². The van der Waals surface area contributed by atoms with Crippen LogP contribution in [0.3, 0.4) is 0 Å². The van der Waals surface area contributed by atoms with Gasteiger partial charge in [-0.05, 0) is 24.6 Å². The van der Waals surface area contributed by atoms with Crippen LogP contribution >= 0.6 is 11.6 Å². The van der Waals surface area contributed by atoms with E-state index in [4.69, 9.17) is 16.3 Å². The minimum Gasteiger partial charge on any atom is -0.486 e. The van der Waals surface area contributed by atoms with Crippen LogP contribution in [-0.4, -0.2) is 35.3 Å². The molecule has 1 amide bonds. The average Bonchev–Trinajstić information content (AvgIpc) is 2.49. The van der Waals surface area contributed by atoms with Crippen LogP contribution in [0.4, 0.5) is 0 Å². The smallest absolute Gasteiger partial charge is 0.222 e. The molecule has 2 aliphatic rings. The first-order valence-electron chi connectivity index (χ1n) is 7.74. The van der Waals surface area contributed by atoms with Gasteiger partial charge in [-0.15, -0.1) is 0 Å². The van der Waals surface area contributed by atoms with Crippen molar-refractivity contribution < 1.29 is 14.3 Å². The van der Waals surface area contributed by atoms with Gasteiger partial charge in [0, 0.05) is 37.4 Å². The van der Waals surface area contributed by atoms with Crippen molar-refractivity contribution in [2.75, 3.05) is 13.1 Å². The Labute approximate surface area is 135 Å². The zero-order valence-electron chi connectivity index (χ0n) is 12.9. The molecule has 0 aliphatic carbocycles. The molecule has 22 heavy (non-hydrogen) atoms. The van der Waals surface area contributed by atoms with Gasteiger partial charge in [0.05, 0.1) is 12.0 Å². The molecule has 0 aromatic heterocycles. The van der Waals surface area contributed by atoms with Crippen molar-refractivity contribution in [1.29, 1.82) is 0 Å². The highest BCUT2D eigenvalue weighted by molar-refractivity contribution is 6.31. The van der Waals surface area contributed by atoms with Crippen molar-refractivity contribution in [2.45, 2.75) is 45.1 Å². The number of likely N-dealkylation sites (tertiary alicyclic amines) is 1. The summed E-state index contributed by atoms with van der Waals surface area (Å²) in [4.78, 5) is 26.2. The van der Waals surface area contributed by atoms with E-state index in [0.29, 0.717) is 55.1 Å². The summed E-state index contributed by atoms with van der Waals surface area (Å²) in [7, 11) is 0. The van der Waals surface area contributed by atoms with Gasteiger partial charge >= 0.3 is 0 Å². The van der Waals surface area contributed by atoms with Crippen LogP contribution in [-0.2, 0) is 4.79 Å². The Morgan fingerprint density at radius 1 is 1.36 bits per heavy atom. The van der Waals surface area contributed by atoms with E-state index in [1.54, 1.807) is 6.07 Å². The molecule has 0 saturated carbocycles. The molecule has 0 radical (unpaired) electrons. The van der Waals surface area contributed by atoms with Gasteiger partial charge in [0.1, 0.15) is 11.4 Å². The number of ketones is 1. The molecule has 5 heteroatoms.